The smallest absolute Gasteiger partial charge is 0.394 e. The minimum Gasteiger partial charge on any atom is -0.394 e. The third-order valence-corrected chi connectivity index (χ3v) is 8.45. The normalized spacial score (nSPS) is 18.8. The third kappa shape index (κ3) is 6.34. The second-order valence-corrected chi connectivity index (χ2v) is 11.7. The number of rotatable bonds is 6. The molecule has 0 spiro atoms. The van der Waals surface area contributed by atoms with Gasteiger partial charge < -0.3 is 19.3 Å². The molecule has 0 bridgehead atoms. The van der Waals surface area contributed by atoms with Crippen LogP contribution >= 0.6 is 0 Å². The van der Waals surface area contributed by atoms with Crippen LogP contribution in [-0.4, -0.2) is 64.3 Å². The lowest BCUT2D eigenvalue weighted by atomic mass is 9.96. The number of benzene rings is 3. The summed E-state index contributed by atoms with van der Waals surface area (Å²) in [5.74, 6) is -0.271. The third-order valence-electron chi connectivity index (χ3n) is 8.45. The number of alkyl halides is 3. The molecule has 1 amide bonds. The molecule has 5 rings (SSSR count). The van der Waals surface area contributed by atoms with Crippen molar-refractivity contribution in [2.24, 2.45) is 13.0 Å². The van der Waals surface area contributed by atoms with Crippen molar-refractivity contribution < 1.29 is 27.8 Å². The maximum Gasteiger partial charge on any atom is 0.416 e. The summed E-state index contributed by atoms with van der Waals surface area (Å²) < 4.78 is 47.7. The highest BCUT2D eigenvalue weighted by Crippen LogP contribution is 2.38. The van der Waals surface area contributed by atoms with Crippen molar-refractivity contribution in [2.75, 3.05) is 26.7 Å². The maximum absolute atomic E-state index is 14.4. The maximum atomic E-state index is 14.4. The first-order chi connectivity index (χ1) is 20.5. The molecule has 4 aromatic rings. The number of fused-ring (bicyclic) bond motifs is 5. The molecule has 1 N–H and O–H groups in total. The van der Waals surface area contributed by atoms with Crippen LogP contribution in [0.5, 0.6) is 0 Å². The van der Waals surface area contributed by atoms with Crippen LogP contribution in [0.3, 0.4) is 0 Å². The Hall–Kier alpha value is -3.66. The van der Waals surface area contributed by atoms with Gasteiger partial charge >= 0.3 is 6.18 Å². The summed E-state index contributed by atoms with van der Waals surface area (Å²) in [4.78, 5) is 18.2. The average Bonchev–Trinajstić information content (AvgIpc) is 3.28. The molecule has 1 aromatic heterocycles. The van der Waals surface area contributed by atoms with Gasteiger partial charge in [-0.15, -0.1) is 0 Å². The number of carbonyl (C=O) groups excluding carboxylic acids is 1. The highest BCUT2D eigenvalue weighted by molar-refractivity contribution is 6.10. The van der Waals surface area contributed by atoms with Crippen LogP contribution in [-0.2, 0) is 31.1 Å². The Bertz CT molecular complexity index is 1580. The molecule has 0 saturated heterocycles. The number of ether oxygens (including phenoxy) is 1. The molecule has 0 unspecified atom stereocenters. The van der Waals surface area contributed by atoms with Crippen molar-refractivity contribution in [1.29, 1.82) is 0 Å². The molecular formula is C34H38F3N3O3. The summed E-state index contributed by atoms with van der Waals surface area (Å²) >= 11 is 0. The van der Waals surface area contributed by atoms with Crippen molar-refractivity contribution in [3.8, 4) is 11.1 Å². The van der Waals surface area contributed by atoms with Gasteiger partial charge in [-0.25, -0.2) is 0 Å². The average molecular weight is 594 g/mol. The predicted molar refractivity (Wildman–Crippen MR) is 161 cm³/mol. The first kappa shape index (κ1) is 30.8. The fourth-order valence-corrected chi connectivity index (χ4v) is 6.01. The molecule has 0 saturated carbocycles. The van der Waals surface area contributed by atoms with Gasteiger partial charge in [-0.1, -0.05) is 61.5 Å². The molecule has 0 fully saturated rings. The Labute approximate surface area is 250 Å². The summed E-state index contributed by atoms with van der Waals surface area (Å²) in [6.45, 7) is 5.31. The van der Waals surface area contributed by atoms with Gasteiger partial charge in [0.2, 0.25) is 0 Å². The van der Waals surface area contributed by atoms with E-state index in [4.69, 9.17) is 4.74 Å². The molecule has 0 aliphatic carbocycles. The predicted octanol–water partition coefficient (Wildman–Crippen LogP) is 6.35. The number of nitrogens with zero attached hydrogens (tertiary/aromatic N) is 3. The molecule has 1 aliphatic rings. The highest BCUT2D eigenvalue weighted by Gasteiger charge is 2.34. The van der Waals surface area contributed by atoms with Gasteiger partial charge in [0, 0.05) is 49.1 Å². The molecule has 228 valence electrons. The standard InChI is InChI=1S/C34H38F3N3O3/c1-22-17-40(23(2)20-41)33(42)32-31(28-11-7-8-12-29(28)39(32)4)27-10-6-5-9-25(27)21-43-30(22)19-38(3)18-24-13-15-26(16-14-24)34(35,36)37/h5-16,22-23,30,41H,17-21H2,1-4H3/t22-,23-,30+/m1/s1. The van der Waals surface area contributed by atoms with Crippen LogP contribution in [0.15, 0.2) is 72.8 Å². The topological polar surface area (TPSA) is 57.9 Å². The van der Waals surface area contributed by atoms with Gasteiger partial charge in [-0.3, -0.25) is 9.69 Å². The zero-order valence-corrected chi connectivity index (χ0v) is 24.9. The van der Waals surface area contributed by atoms with Gasteiger partial charge in [0.15, 0.2) is 0 Å². The first-order valence-corrected chi connectivity index (χ1v) is 14.5. The quantitative estimate of drug-likeness (QED) is 0.283. The van der Waals surface area contributed by atoms with Crippen LogP contribution in [0.1, 0.15) is 41.0 Å². The van der Waals surface area contributed by atoms with E-state index in [1.54, 1.807) is 4.90 Å². The summed E-state index contributed by atoms with van der Waals surface area (Å²) in [5.41, 5.74) is 4.33. The van der Waals surface area contributed by atoms with Gasteiger partial charge in [-0.2, -0.15) is 13.2 Å². The van der Waals surface area contributed by atoms with E-state index in [1.807, 2.05) is 85.9 Å². The number of likely N-dealkylation sites (N-methyl/N-ethyl adjacent to an activating group) is 1. The van der Waals surface area contributed by atoms with Gasteiger partial charge in [0.05, 0.1) is 30.9 Å². The molecule has 6 nitrogen and oxygen atoms in total. The second-order valence-electron chi connectivity index (χ2n) is 11.7. The van der Waals surface area contributed by atoms with E-state index in [-0.39, 0.29) is 24.5 Å². The van der Waals surface area contributed by atoms with Crippen LogP contribution in [0.4, 0.5) is 13.2 Å². The van der Waals surface area contributed by atoms with E-state index in [0.717, 1.165) is 45.3 Å². The number of amides is 1. The van der Waals surface area contributed by atoms with E-state index in [0.29, 0.717) is 31.9 Å². The number of halogens is 3. The Morgan fingerprint density at radius 3 is 2.42 bits per heavy atom. The lowest BCUT2D eigenvalue weighted by molar-refractivity contribution is -0.137. The number of hydrogen-bond donors (Lipinski definition) is 1. The minimum atomic E-state index is -4.38. The van der Waals surface area contributed by atoms with E-state index < -0.39 is 17.8 Å². The minimum absolute atomic E-state index is 0.114. The van der Waals surface area contributed by atoms with Crippen molar-refractivity contribution in [2.45, 2.75) is 45.3 Å². The number of hydrogen-bond acceptors (Lipinski definition) is 4. The Morgan fingerprint density at radius 1 is 1.05 bits per heavy atom. The number of carbonyl (C=O) groups is 1. The van der Waals surface area contributed by atoms with E-state index in [1.165, 1.54) is 12.1 Å². The van der Waals surface area contributed by atoms with Crippen LogP contribution in [0, 0.1) is 5.92 Å². The number of aryl methyl sites for hydroxylation is 1. The molecule has 2 heterocycles. The monoisotopic (exact) mass is 593 g/mol. The SMILES string of the molecule is C[C@@H]1CN([C@H](C)CO)C(=O)c2c(c3ccccc3n2C)-c2ccccc2CO[C@H]1CN(C)Cc1ccc(C(F)(F)F)cc1. The summed E-state index contributed by atoms with van der Waals surface area (Å²) in [7, 11) is 3.82. The van der Waals surface area contributed by atoms with Crippen molar-refractivity contribution in [3.63, 3.8) is 0 Å². The Kier molecular flexibility index (Phi) is 8.96. The lowest BCUT2D eigenvalue weighted by Gasteiger charge is -2.35. The van der Waals surface area contributed by atoms with Gasteiger partial charge in [-0.05, 0) is 48.9 Å². The lowest BCUT2D eigenvalue weighted by Crippen LogP contribution is -2.47. The molecule has 9 heteroatoms. The Morgan fingerprint density at radius 2 is 1.72 bits per heavy atom. The van der Waals surface area contributed by atoms with Crippen LogP contribution in [0.25, 0.3) is 22.0 Å². The van der Waals surface area contributed by atoms with Crippen molar-refractivity contribution in [3.05, 3.63) is 95.2 Å². The van der Waals surface area contributed by atoms with Gasteiger partial charge in [0.25, 0.3) is 5.91 Å². The highest BCUT2D eigenvalue weighted by atomic mass is 19.4. The number of aliphatic hydroxyl groups is 1. The Balaban J connectivity index is 1.51. The van der Waals surface area contributed by atoms with E-state index >= 15 is 0 Å². The molecule has 3 atom stereocenters. The number of aromatic nitrogens is 1. The van der Waals surface area contributed by atoms with Crippen LogP contribution in [0.2, 0.25) is 0 Å². The number of para-hydroxylation sites is 1. The molecule has 43 heavy (non-hydrogen) atoms. The zero-order chi connectivity index (χ0) is 30.9. The summed E-state index contributed by atoms with van der Waals surface area (Å²) in [6.07, 6.45) is -4.67. The fourth-order valence-electron chi connectivity index (χ4n) is 6.01. The largest absolute Gasteiger partial charge is 0.416 e. The van der Waals surface area contributed by atoms with Crippen molar-refractivity contribution >= 4 is 16.8 Å². The molecule has 3 aromatic carbocycles. The van der Waals surface area contributed by atoms with E-state index in [2.05, 4.69) is 0 Å². The zero-order valence-electron chi connectivity index (χ0n) is 24.9. The fraction of sp³-hybridized carbons (Fsp3) is 0.382. The van der Waals surface area contributed by atoms with Crippen LogP contribution < -0.4 is 0 Å². The van der Waals surface area contributed by atoms with E-state index in [9.17, 15) is 23.1 Å². The summed E-state index contributed by atoms with van der Waals surface area (Å²) in [6, 6.07) is 20.7. The molecule has 1 aliphatic heterocycles. The number of aliphatic hydroxyl groups excluding tert-OH is 1. The van der Waals surface area contributed by atoms with Gasteiger partial charge in [0.1, 0.15) is 5.69 Å². The van der Waals surface area contributed by atoms with Crippen molar-refractivity contribution in [1.82, 2.24) is 14.4 Å². The molecule has 0 radical (unpaired) electrons. The first-order valence-electron chi connectivity index (χ1n) is 14.5. The second kappa shape index (κ2) is 12.5. The summed E-state index contributed by atoms with van der Waals surface area (Å²) in [5, 5.41) is 11.2. The molecular weight excluding hydrogens is 555 g/mol.